The molecule has 2 atom stereocenters. The van der Waals surface area contributed by atoms with Crippen LogP contribution in [0.3, 0.4) is 0 Å². The maximum absolute atomic E-state index is 12.7. The smallest absolute Gasteiger partial charge is 0.235 e. The lowest BCUT2D eigenvalue weighted by molar-refractivity contribution is -0.124. The lowest BCUT2D eigenvalue weighted by Crippen LogP contribution is -2.57. The van der Waals surface area contributed by atoms with Gasteiger partial charge in [0, 0.05) is 6.61 Å². The Labute approximate surface area is 163 Å². The number of hydrogen-bond donors (Lipinski definition) is 2. The number of fused-ring (bicyclic) bond motifs is 1. The summed E-state index contributed by atoms with van der Waals surface area (Å²) >= 11 is 5.56. The van der Waals surface area contributed by atoms with E-state index in [9.17, 15) is 9.59 Å². The van der Waals surface area contributed by atoms with Gasteiger partial charge in [0.25, 0.3) is 0 Å². The molecule has 27 heavy (non-hydrogen) atoms. The standard InChI is InChI=1S/C20H23ClN2O4/c1-26-15-6-5-13-3-2-4-14(16(13)10-15)9-19(24)22-17-7-8-27-12-18(17)23-20(25)11-21/h2-6,10,17-18H,7-9,11-12H2,1H3,(H,22,24)(H,23,25)/t17-,18+/m1/s1. The Balaban J connectivity index is 1.71. The lowest BCUT2D eigenvalue weighted by Gasteiger charge is -2.32. The van der Waals surface area contributed by atoms with E-state index in [1.54, 1.807) is 7.11 Å². The molecular formula is C20H23ClN2O4. The molecule has 3 rings (SSSR count). The second-order valence-corrected chi connectivity index (χ2v) is 6.79. The van der Waals surface area contributed by atoms with Crippen molar-refractivity contribution in [3.05, 3.63) is 42.0 Å². The second-order valence-electron chi connectivity index (χ2n) is 6.53. The Morgan fingerprint density at radius 3 is 2.78 bits per heavy atom. The van der Waals surface area contributed by atoms with E-state index in [0.717, 1.165) is 22.1 Å². The van der Waals surface area contributed by atoms with E-state index in [-0.39, 0.29) is 36.2 Å². The van der Waals surface area contributed by atoms with Crippen LogP contribution >= 0.6 is 11.6 Å². The molecule has 1 aliphatic rings. The molecule has 0 unspecified atom stereocenters. The Bertz CT molecular complexity index is 827. The quantitative estimate of drug-likeness (QED) is 0.740. The van der Waals surface area contributed by atoms with Gasteiger partial charge in [-0.25, -0.2) is 0 Å². The third kappa shape index (κ3) is 4.90. The minimum Gasteiger partial charge on any atom is -0.497 e. The van der Waals surface area contributed by atoms with Gasteiger partial charge in [-0.15, -0.1) is 11.6 Å². The van der Waals surface area contributed by atoms with Crippen molar-refractivity contribution in [2.75, 3.05) is 26.2 Å². The van der Waals surface area contributed by atoms with E-state index < -0.39 is 0 Å². The summed E-state index contributed by atoms with van der Waals surface area (Å²) in [6.45, 7) is 0.905. The topological polar surface area (TPSA) is 76.7 Å². The van der Waals surface area contributed by atoms with Gasteiger partial charge < -0.3 is 20.1 Å². The molecular weight excluding hydrogens is 368 g/mol. The van der Waals surface area contributed by atoms with Crippen LogP contribution in [0.25, 0.3) is 10.8 Å². The molecule has 7 heteroatoms. The summed E-state index contributed by atoms with van der Waals surface area (Å²) in [6.07, 6.45) is 0.889. The van der Waals surface area contributed by atoms with E-state index in [1.807, 2.05) is 36.4 Å². The fourth-order valence-corrected chi connectivity index (χ4v) is 3.40. The first-order valence-electron chi connectivity index (χ1n) is 8.89. The fraction of sp³-hybridized carbons (Fsp3) is 0.400. The molecule has 0 spiro atoms. The van der Waals surface area contributed by atoms with Crippen molar-refractivity contribution < 1.29 is 19.1 Å². The highest BCUT2D eigenvalue weighted by atomic mass is 35.5. The number of rotatable bonds is 6. The number of nitrogens with one attached hydrogen (secondary N) is 2. The Morgan fingerprint density at radius 2 is 2.00 bits per heavy atom. The molecule has 2 aromatic rings. The first kappa shape index (κ1) is 19.5. The number of benzene rings is 2. The Morgan fingerprint density at radius 1 is 1.19 bits per heavy atom. The molecule has 0 bridgehead atoms. The summed E-state index contributed by atoms with van der Waals surface area (Å²) in [6, 6.07) is 11.3. The van der Waals surface area contributed by atoms with Crippen LogP contribution in [0.4, 0.5) is 0 Å². The molecule has 1 fully saturated rings. The number of amides is 2. The summed E-state index contributed by atoms with van der Waals surface area (Å²) in [5.74, 6) is 0.271. The number of methoxy groups -OCH3 is 1. The van der Waals surface area contributed by atoms with Crippen LogP contribution in [-0.2, 0) is 20.7 Å². The first-order chi connectivity index (χ1) is 13.1. The van der Waals surface area contributed by atoms with Crippen molar-refractivity contribution in [1.29, 1.82) is 0 Å². The van der Waals surface area contributed by atoms with Gasteiger partial charge >= 0.3 is 0 Å². The van der Waals surface area contributed by atoms with Crippen LogP contribution in [0.15, 0.2) is 36.4 Å². The minimum absolute atomic E-state index is 0.0951. The van der Waals surface area contributed by atoms with E-state index in [4.69, 9.17) is 21.1 Å². The van der Waals surface area contributed by atoms with Gasteiger partial charge in [0.15, 0.2) is 0 Å². The average molecular weight is 391 g/mol. The molecule has 0 aromatic heterocycles. The van der Waals surface area contributed by atoms with Gasteiger partial charge in [-0.3, -0.25) is 9.59 Å². The molecule has 144 valence electrons. The van der Waals surface area contributed by atoms with Gasteiger partial charge in [0.1, 0.15) is 11.6 Å². The lowest BCUT2D eigenvalue weighted by atomic mass is 10.00. The van der Waals surface area contributed by atoms with Gasteiger partial charge in [-0.1, -0.05) is 24.3 Å². The van der Waals surface area contributed by atoms with Crippen molar-refractivity contribution in [3.8, 4) is 5.75 Å². The zero-order valence-corrected chi connectivity index (χ0v) is 15.9. The molecule has 2 amide bonds. The van der Waals surface area contributed by atoms with Gasteiger partial charge in [0.05, 0.1) is 32.2 Å². The first-order valence-corrected chi connectivity index (χ1v) is 9.42. The van der Waals surface area contributed by atoms with Crippen molar-refractivity contribution in [3.63, 3.8) is 0 Å². The SMILES string of the molecule is COc1ccc2cccc(CC(=O)N[C@@H]3CCOC[C@@H]3NC(=O)CCl)c2c1. The average Bonchev–Trinajstić information content (AvgIpc) is 2.69. The minimum atomic E-state index is -0.276. The monoisotopic (exact) mass is 390 g/mol. The molecule has 6 nitrogen and oxygen atoms in total. The summed E-state index contributed by atoms with van der Waals surface area (Å²) in [7, 11) is 1.62. The molecule has 0 radical (unpaired) electrons. The molecule has 1 heterocycles. The highest BCUT2D eigenvalue weighted by Crippen LogP contribution is 2.24. The number of hydrogen-bond acceptors (Lipinski definition) is 4. The normalized spacial score (nSPS) is 19.5. The Kier molecular flexibility index (Phi) is 6.53. The Hall–Kier alpha value is -2.31. The maximum atomic E-state index is 12.7. The van der Waals surface area contributed by atoms with Crippen molar-refractivity contribution >= 4 is 34.2 Å². The van der Waals surface area contributed by atoms with E-state index in [2.05, 4.69) is 10.6 Å². The maximum Gasteiger partial charge on any atom is 0.235 e. The summed E-state index contributed by atoms with van der Waals surface area (Å²) in [4.78, 5) is 24.2. The van der Waals surface area contributed by atoms with Crippen LogP contribution in [0.2, 0.25) is 0 Å². The van der Waals surface area contributed by atoms with Crippen LogP contribution < -0.4 is 15.4 Å². The molecule has 0 aliphatic carbocycles. The van der Waals surface area contributed by atoms with E-state index in [1.165, 1.54) is 0 Å². The van der Waals surface area contributed by atoms with E-state index in [0.29, 0.717) is 19.6 Å². The summed E-state index contributed by atoms with van der Waals surface area (Å²) < 4.78 is 10.7. The van der Waals surface area contributed by atoms with Crippen LogP contribution in [-0.4, -0.2) is 50.1 Å². The summed E-state index contributed by atoms with van der Waals surface area (Å²) in [5, 5.41) is 7.88. The number of alkyl halides is 1. The molecule has 0 saturated carbocycles. The molecule has 1 aliphatic heterocycles. The number of carbonyl (C=O) groups is 2. The number of carbonyl (C=O) groups excluding carboxylic acids is 2. The van der Waals surface area contributed by atoms with Gasteiger partial charge in [-0.2, -0.15) is 0 Å². The number of halogens is 1. The second kappa shape index (κ2) is 9.06. The highest BCUT2D eigenvalue weighted by molar-refractivity contribution is 6.27. The third-order valence-corrected chi connectivity index (χ3v) is 4.94. The van der Waals surface area contributed by atoms with Crippen molar-refractivity contribution in [1.82, 2.24) is 10.6 Å². The zero-order valence-electron chi connectivity index (χ0n) is 15.2. The largest absolute Gasteiger partial charge is 0.497 e. The van der Waals surface area contributed by atoms with Crippen LogP contribution in [0.5, 0.6) is 5.75 Å². The predicted octanol–water partition coefficient (Wildman–Crippen LogP) is 2.02. The third-order valence-electron chi connectivity index (χ3n) is 4.70. The van der Waals surface area contributed by atoms with Crippen LogP contribution in [0, 0.1) is 0 Å². The van der Waals surface area contributed by atoms with Crippen molar-refractivity contribution in [2.45, 2.75) is 24.9 Å². The van der Waals surface area contributed by atoms with Crippen LogP contribution in [0.1, 0.15) is 12.0 Å². The summed E-state index contributed by atoms with van der Waals surface area (Å²) in [5.41, 5.74) is 0.928. The zero-order chi connectivity index (χ0) is 19.2. The van der Waals surface area contributed by atoms with E-state index >= 15 is 0 Å². The van der Waals surface area contributed by atoms with Crippen molar-refractivity contribution in [2.24, 2.45) is 0 Å². The number of ether oxygens (including phenoxy) is 2. The van der Waals surface area contributed by atoms with Gasteiger partial charge in [-0.05, 0) is 34.9 Å². The fourth-order valence-electron chi connectivity index (χ4n) is 3.33. The molecule has 2 N–H and O–H groups in total. The highest BCUT2D eigenvalue weighted by Gasteiger charge is 2.28. The predicted molar refractivity (Wildman–Crippen MR) is 104 cm³/mol. The molecule has 1 saturated heterocycles. The van der Waals surface area contributed by atoms with Gasteiger partial charge in [0.2, 0.25) is 11.8 Å². The molecule has 2 aromatic carbocycles.